The van der Waals surface area contributed by atoms with Crippen LogP contribution in [-0.4, -0.2) is 48.9 Å². The average Bonchev–Trinajstić information content (AvgIpc) is 2.76. The monoisotopic (exact) mass is 467 g/mol. The number of hydrogen-bond acceptors (Lipinski definition) is 5. The van der Waals surface area contributed by atoms with E-state index in [1.165, 1.54) is 0 Å². The molecule has 1 heterocycles. The maximum absolute atomic E-state index is 12.5. The van der Waals surface area contributed by atoms with Crippen molar-refractivity contribution < 1.29 is 19.1 Å². The highest BCUT2D eigenvalue weighted by atomic mass is 16.6. The van der Waals surface area contributed by atoms with Crippen LogP contribution in [0, 0.1) is 0 Å². The second-order valence-electron chi connectivity index (χ2n) is 10.7. The standard InChI is InChI=1S/C27H37N3O4/c1-26(2,3)21-16-22(28-24(31)33-19-20-10-8-7-9-11-20)18-23(17-21)29-12-14-30(15-13-29)25(32)34-27(4,5)6/h7-11,16-18H,12-15,19H2,1-6H3,(H,28,31). The molecule has 1 saturated heterocycles. The zero-order valence-electron chi connectivity index (χ0n) is 21.2. The molecule has 184 valence electrons. The fourth-order valence-electron chi connectivity index (χ4n) is 3.65. The molecule has 0 aliphatic carbocycles. The molecule has 0 radical (unpaired) electrons. The van der Waals surface area contributed by atoms with Gasteiger partial charge in [0.2, 0.25) is 0 Å². The van der Waals surface area contributed by atoms with E-state index >= 15 is 0 Å². The van der Waals surface area contributed by atoms with Crippen molar-refractivity contribution in [1.29, 1.82) is 0 Å². The predicted molar refractivity (Wildman–Crippen MR) is 135 cm³/mol. The molecule has 7 heteroatoms. The minimum atomic E-state index is -0.509. The summed E-state index contributed by atoms with van der Waals surface area (Å²) >= 11 is 0. The molecule has 2 amide bonds. The van der Waals surface area contributed by atoms with E-state index < -0.39 is 11.7 Å². The second kappa shape index (κ2) is 10.4. The van der Waals surface area contributed by atoms with Gasteiger partial charge in [-0.15, -0.1) is 0 Å². The van der Waals surface area contributed by atoms with Crippen molar-refractivity contribution in [3.63, 3.8) is 0 Å². The Bertz CT molecular complexity index is 985. The highest BCUT2D eigenvalue weighted by molar-refractivity contribution is 5.86. The number of nitrogens with zero attached hydrogens (tertiary/aromatic N) is 2. The summed E-state index contributed by atoms with van der Waals surface area (Å²) in [4.78, 5) is 28.8. The Kier molecular flexibility index (Phi) is 7.75. The summed E-state index contributed by atoms with van der Waals surface area (Å²) in [7, 11) is 0. The molecule has 0 spiro atoms. The summed E-state index contributed by atoms with van der Waals surface area (Å²) in [6.45, 7) is 14.8. The largest absolute Gasteiger partial charge is 0.444 e. The lowest BCUT2D eigenvalue weighted by molar-refractivity contribution is 0.0240. The predicted octanol–water partition coefficient (Wildman–Crippen LogP) is 5.79. The lowest BCUT2D eigenvalue weighted by atomic mass is 9.86. The van der Waals surface area contributed by atoms with Gasteiger partial charge in [-0.25, -0.2) is 9.59 Å². The topological polar surface area (TPSA) is 71.1 Å². The van der Waals surface area contributed by atoms with Crippen LogP contribution in [0.5, 0.6) is 0 Å². The third-order valence-corrected chi connectivity index (χ3v) is 5.54. The SMILES string of the molecule is CC(C)(C)OC(=O)N1CCN(c2cc(NC(=O)OCc3ccccc3)cc(C(C)(C)C)c2)CC1. The van der Waals surface area contributed by atoms with Crippen molar-refractivity contribution in [2.75, 3.05) is 36.4 Å². The average molecular weight is 468 g/mol. The normalized spacial score (nSPS) is 14.5. The first kappa shape index (κ1) is 25.4. The highest BCUT2D eigenvalue weighted by Crippen LogP contribution is 2.31. The van der Waals surface area contributed by atoms with Crippen LogP contribution < -0.4 is 10.2 Å². The lowest BCUT2D eigenvalue weighted by Crippen LogP contribution is -2.50. The smallest absolute Gasteiger partial charge is 0.411 e. The maximum atomic E-state index is 12.5. The van der Waals surface area contributed by atoms with E-state index in [9.17, 15) is 9.59 Å². The van der Waals surface area contributed by atoms with Crippen molar-refractivity contribution in [3.8, 4) is 0 Å². The number of anilines is 2. The van der Waals surface area contributed by atoms with Crippen molar-refractivity contribution in [1.82, 2.24) is 4.90 Å². The van der Waals surface area contributed by atoms with Crippen LogP contribution in [0.4, 0.5) is 21.0 Å². The minimum Gasteiger partial charge on any atom is -0.444 e. The van der Waals surface area contributed by atoms with E-state index in [1.807, 2.05) is 63.2 Å². The Hall–Kier alpha value is -3.22. The summed E-state index contributed by atoms with van der Waals surface area (Å²) in [5.74, 6) is 0. The summed E-state index contributed by atoms with van der Waals surface area (Å²) < 4.78 is 10.9. The Morgan fingerprint density at radius 2 is 1.56 bits per heavy atom. The van der Waals surface area contributed by atoms with Crippen LogP contribution in [-0.2, 0) is 21.5 Å². The van der Waals surface area contributed by atoms with Gasteiger partial charge >= 0.3 is 12.2 Å². The number of carbonyl (C=O) groups excluding carboxylic acids is 2. The maximum Gasteiger partial charge on any atom is 0.411 e. The lowest BCUT2D eigenvalue weighted by Gasteiger charge is -2.37. The molecular formula is C27H37N3O4. The molecule has 1 fully saturated rings. The molecule has 0 saturated carbocycles. The molecule has 34 heavy (non-hydrogen) atoms. The summed E-state index contributed by atoms with van der Waals surface area (Å²) in [6.07, 6.45) is -0.769. The van der Waals surface area contributed by atoms with Crippen molar-refractivity contribution in [2.24, 2.45) is 0 Å². The Morgan fingerprint density at radius 1 is 0.912 bits per heavy atom. The van der Waals surface area contributed by atoms with Gasteiger partial charge in [0.1, 0.15) is 12.2 Å². The van der Waals surface area contributed by atoms with Gasteiger partial charge < -0.3 is 19.3 Å². The number of ether oxygens (including phenoxy) is 2. The molecule has 1 aliphatic heterocycles. The van der Waals surface area contributed by atoms with Gasteiger partial charge in [-0.05, 0) is 55.5 Å². The molecule has 2 aromatic rings. The van der Waals surface area contributed by atoms with Crippen molar-refractivity contribution in [2.45, 2.75) is 59.2 Å². The Balaban J connectivity index is 1.68. The molecule has 3 rings (SSSR count). The first-order valence-corrected chi connectivity index (χ1v) is 11.8. The molecule has 1 N–H and O–H groups in total. The highest BCUT2D eigenvalue weighted by Gasteiger charge is 2.27. The zero-order chi connectivity index (χ0) is 24.9. The van der Waals surface area contributed by atoms with Gasteiger partial charge in [-0.3, -0.25) is 5.32 Å². The van der Waals surface area contributed by atoms with Crippen LogP contribution in [0.25, 0.3) is 0 Å². The number of rotatable bonds is 4. The summed E-state index contributed by atoms with van der Waals surface area (Å²) in [5.41, 5.74) is 3.14. The molecule has 0 unspecified atom stereocenters. The number of hydrogen-bond donors (Lipinski definition) is 1. The van der Waals surface area contributed by atoms with Crippen LogP contribution in [0.3, 0.4) is 0 Å². The number of benzene rings is 2. The first-order chi connectivity index (χ1) is 15.9. The third kappa shape index (κ3) is 7.40. The molecule has 0 atom stereocenters. The third-order valence-electron chi connectivity index (χ3n) is 5.54. The van der Waals surface area contributed by atoms with Gasteiger partial charge in [-0.1, -0.05) is 51.1 Å². The quantitative estimate of drug-likeness (QED) is 0.616. The second-order valence-corrected chi connectivity index (χ2v) is 10.7. The van der Waals surface area contributed by atoms with Crippen LogP contribution >= 0.6 is 0 Å². The number of amides is 2. The zero-order valence-corrected chi connectivity index (χ0v) is 21.2. The van der Waals surface area contributed by atoms with E-state index in [2.05, 4.69) is 37.1 Å². The van der Waals surface area contributed by atoms with Crippen molar-refractivity contribution >= 4 is 23.6 Å². The summed E-state index contributed by atoms with van der Waals surface area (Å²) in [5, 5.41) is 2.88. The van der Waals surface area contributed by atoms with E-state index in [0.29, 0.717) is 31.9 Å². The van der Waals surface area contributed by atoms with E-state index in [0.717, 1.165) is 16.8 Å². The number of nitrogens with one attached hydrogen (secondary N) is 1. The van der Waals surface area contributed by atoms with Gasteiger partial charge in [0.25, 0.3) is 0 Å². The molecule has 1 aliphatic rings. The fourth-order valence-corrected chi connectivity index (χ4v) is 3.65. The molecule has 2 aromatic carbocycles. The Labute approximate surface area is 203 Å². The van der Waals surface area contributed by atoms with E-state index in [4.69, 9.17) is 9.47 Å². The van der Waals surface area contributed by atoms with Gasteiger partial charge in [0, 0.05) is 37.6 Å². The van der Waals surface area contributed by atoms with Crippen LogP contribution in [0.1, 0.15) is 52.7 Å². The minimum absolute atomic E-state index is 0.0985. The molecule has 0 bridgehead atoms. The van der Waals surface area contributed by atoms with Crippen LogP contribution in [0.2, 0.25) is 0 Å². The molecule has 7 nitrogen and oxygen atoms in total. The van der Waals surface area contributed by atoms with Gasteiger partial charge in [-0.2, -0.15) is 0 Å². The number of carbonyl (C=O) groups is 2. The Morgan fingerprint density at radius 3 is 2.15 bits per heavy atom. The molecular weight excluding hydrogens is 430 g/mol. The number of piperazine rings is 1. The fraction of sp³-hybridized carbons (Fsp3) is 0.481. The summed E-state index contributed by atoms with van der Waals surface area (Å²) in [6, 6.07) is 15.7. The van der Waals surface area contributed by atoms with E-state index in [1.54, 1.807) is 4.90 Å². The van der Waals surface area contributed by atoms with E-state index in [-0.39, 0.29) is 18.1 Å². The molecule has 0 aromatic heterocycles. The van der Waals surface area contributed by atoms with Gasteiger partial charge in [0.15, 0.2) is 0 Å². The first-order valence-electron chi connectivity index (χ1n) is 11.8. The van der Waals surface area contributed by atoms with Crippen LogP contribution in [0.15, 0.2) is 48.5 Å². The van der Waals surface area contributed by atoms with Crippen molar-refractivity contribution in [3.05, 3.63) is 59.7 Å². The van der Waals surface area contributed by atoms with Gasteiger partial charge in [0.05, 0.1) is 0 Å².